The highest BCUT2D eigenvalue weighted by atomic mass is 16.3. The van der Waals surface area contributed by atoms with Crippen LogP contribution in [0.25, 0.3) is 11.3 Å². The Morgan fingerprint density at radius 3 is 2.33 bits per heavy atom. The second-order valence-electron chi connectivity index (χ2n) is 9.07. The number of hydrogen-bond acceptors (Lipinski definition) is 7. The molecule has 3 aromatic heterocycles. The summed E-state index contributed by atoms with van der Waals surface area (Å²) in [5.41, 5.74) is 13.1. The predicted octanol–water partition coefficient (Wildman–Crippen LogP) is 2.16. The minimum Gasteiger partial charge on any atom is -0.394 e. The molecule has 0 bridgehead atoms. The van der Waals surface area contributed by atoms with Gasteiger partial charge >= 0.3 is 0 Å². The third kappa shape index (κ3) is 4.75. The van der Waals surface area contributed by atoms with E-state index >= 15 is 0 Å². The average Bonchev–Trinajstić information content (AvgIpc) is 3.30. The zero-order valence-corrected chi connectivity index (χ0v) is 19.5. The van der Waals surface area contributed by atoms with Gasteiger partial charge in [-0.3, -0.25) is 14.5 Å². The Morgan fingerprint density at radius 1 is 1.12 bits per heavy atom. The fourth-order valence-corrected chi connectivity index (χ4v) is 3.25. The molecular formula is C23H30N8O2. The van der Waals surface area contributed by atoms with Crippen LogP contribution in [0.3, 0.4) is 0 Å². The van der Waals surface area contributed by atoms with Crippen molar-refractivity contribution in [3.63, 3.8) is 0 Å². The molecule has 3 aromatic rings. The lowest BCUT2D eigenvalue weighted by Crippen LogP contribution is -2.43. The van der Waals surface area contributed by atoms with Gasteiger partial charge in [0.05, 0.1) is 35.0 Å². The molecule has 0 fully saturated rings. The number of carbonyl (C=O) groups is 1. The first-order valence-electron chi connectivity index (χ1n) is 10.6. The quantitative estimate of drug-likeness (QED) is 0.365. The summed E-state index contributed by atoms with van der Waals surface area (Å²) in [6.07, 6.45) is 7.93. The Hall–Kier alpha value is -3.66. The van der Waals surface area contributed by atoms with Gasteiger partial charge in [-0.25, -0.2) is 9.97 Å². The first-order valence-corrected chi connectivity index (χ1v) is 10.6. The van der Waals surface area contributed by atoms with Gasteiger partial charge in [0.15, 0.2) is 0 Å². The molecule has 0 saturated heterocycles. The van der Waals surface area contributed by atoms with Crippen molar-refractivity contribution in [1.82, 2.24) is 24.7 Å². The molecule has 174 valence electrons. The van der Waals surface area contributed by atoms with E-state index in [9.17, 15) is 9.90 Å². The number of amides is 1. The molecule has 0 aliphatic heterocycles. The maximum Gasteiger partial charge on any atom is 0.281 e. The fourth-order valence-electron chi connectivity index (χ4n) is 3.25. The van der Waals surface area contributed by atoms with E-state index in [0.29, 0.717) is 11.3 Å². The van der Waals surface area contributed by atoms with Crippen molar-refractivity contribution in [2.75, 3.05) is 12.3 Å². The van der Waals surface area contributed by atoms with Crippen LogP contribution in [0.5, 0.6) is 0 Å². The number of aromatic nitrogens is 5. The van der Waals surface area contributed by atoms with Crippen LogP contribution in [0.1, 0.15) is 50.5 Å². The molecule has 1 atom stereocenters. The highest BCUT2D eigenvalue weighted by molar-refractivity contribution is 6.05. The second-order valence-corrected chi connectivity index (χ2v) is 9.07. The number of nitrogen functional groups attached to an aromatic ring is 1. The number of pyridine rings is 1. The second kappa shape index (κ2) is 9.07. The van der Waals surface area contributed by atoms with Crippen molar-refractivity contribution in [3.8, 4) is 11.3 Å². The Balaban J connectivity index is 1.91. The van der Waals surface area contributed by atoms with Crippen LogP contribution in [0.15, 0.2) is 48.1 Å². The number of anilines is 1. The van der Waals surface area contributed by atoms with Gasteiger partial charge in [0.25, 0.3) is 5.91 Å². The number of aliphatic hydroxyl groups excluding tert-OH is 1. The maximum atomic E-state index is 12.8. The van der Waals surface area contributed by atoms with E-state index in [-0.39, 0.29) is 24.3 Å². The van der Waals surface area contributed by atoms with Crippen molar-refractivity contribution in [3.05, 3.63) is 54.2 Å². The average molecular weight is 451 g/mol. The van der Waals surface area contributed by atoms with E-state index in [2.05, 4.69) is 25.0 Å². The summed E-state index contributed by atoms with van der Waals surface area (Å²) < 4.78 is 1.54. The molecule has 0 saturated carbocycles. The standard InChI is InChI=1S/C23H30N8O2/c1-14(2)23(5,17-6-7-18(26-11-17)15-8-27-21(25)28-9-15)20(24)30-19(33)16-10-29-31(12-16)22(3,4)13-32/h6-12,14,32H,13H2,1-5H3,(H2,24,30,33)(H2,25,27,28). The number of carbonyl (C=O) groups excluding carboxylic acids is 1. The van der Waals surface area contributed by atoms with Crippen LogP contribution in [-0.4, -0.2) is 48.2 Å². The van der Waals surface area contributed by atoms with Gasteiger partial charge in [-0.15, -0.1) is 0 Å². The number of nitrogens with two attached hydrogens (primary N) is 2. The monoisotopic (exact) mass is 450 g/mol. The maximum absolute atomic E-state index is 12.8. The molecule has 1 unspecified atom stereocenters. The third-order valence-electron chi connectivity index (χ3n) is 6.08. The van der Waals surface area contributed by atoms with Gasteiger partial charge in [-0.05, 0) is 38.3 Å². The smallest absolute Gasteiger partial charge is 0.281 e. The van der Waals surface area contributed by atoms with Crippen molar-refractivity contribution in [2.24, 2.45) is 16.6 Å². The molecule has 0 aliphatic carbocycles. The SMILES string of the molecule is CC(C)C(C)(C(N)=NC(=O)c1cnn(C(C)(C)CO)c1)c1ccc(-c2cnc(N)nc2)nc1. The number of rotatable bonds is 7. The minimum atomic E-state index is -0.737. The lowest BCUT2D eigenvalue weighted by Gasteiger charge is -2.33. The van der Waals surface area contributed by atoms with Crippen LogP contribution >= 0.6 is 0 Å². The van der Waals surface area contributed by atoms with Crippen LogP contribution in [0.4, 0.5) is 5.95 Å². The van der Waals surface area contributed by atoms with E-state index in [0.717, 1.165) is 11.1 Å². The molecule has 1 amide bonds. The predicted molar refractivity (Wildman–Crippen MR) is 126 cm³/mol. The molecule has 33 heavy (non-hydrogen) atoms. The summed E-state index contributed by atoms with van der Waals surface area (Å²) in [5, 5.41) is 13.7. The Bertz CT molecular complexity index is 1150. The largest absolute Gasteiger partial charge is 0.394 e. The Labute approximate surface area is 192 Å². The molecular weight excluding hydrogens is 420 g/mol. The van der Waals surface area contributed by atoms with Gasteiger partial charge < -0.3 is 16.6 Å². The van der Waals surface area contributed by atoms with E-state index in [4.69, 9.17) is 11.5 Å². The summed E-state index contributed by atoms with van der Waals surface area (Å²) in [6, 6.07) is 3.76. The first kappa shape index (κ1) is 24.0. The molecule has 0 radical (unpaired) electrons. The van der Waals surface area contributed by atoms with Crippen LogP contribution in [0.2, 0.25) is 0 Å². The van der Waals surface area contributed by atoms with Crippen LogP contribution in [0, 0.1) is 5.92 Å². The van der Waals surface area contributed by atoms with Gasteiger partial charge in [-0.2, -0.15) is 10.1 Å². The Morgan fingerprint density at radius 2 is 1.79 bits per heavy atom. The van der Waals surface area contributed by atoms with Gasteiger partial charge in [-0.1, -0.05) is 19.9 Å². The summed E-state index contributed by atoms with van der Waals surface area (Å²) >= 11 is 0. The number of aliphatic imine (C=N–C) groups is 1. The van der Waals surface area contributed by atoms with E-state index in [1.165, 1.54) is 10.9 Å². The highest BCUT2D eigenvalue weighted by Gasteiger charge is 2.36. The molecule has 3 heterocycles. The van der Waals surface area contributed by atoms with Crippen molar-refractivity contribution in [2.45, 2.75) is 45.6 Å². The van der Waals surface area contributed by atoms with E-state index in [1.807, 2.05) is 46.8 Å². The zero-order chi connectivity index (χ0) is 24.4. The van der Waals surface area contributed by atoms with Crippen LogP contribution in [-0.2, 0) is 11.0 Å². The normalized spacial score (nSPS) is 14.3. The van der Waals surface area contributed by atoms with Crippen molar-refractivity contribution >= 4 is 17.7 Å². The summed E-state index contributed by atoms with van der Waals surface area (Å²) in [6.45, 7) is 9.46. The van der Waals surface area contributed by atoms with E-state index in [1.54, 1.807) is 24.8 Å². The third-order valence-corrected chi connectivity index (χ3v) is 6.08. The van der Waals surface area contributed by atoms with Gasteiger partial charge in [0.1, 0.15) is 5.84 Å². The number of amidine groups is 1. The molecule has 10 nitrogen and oxygen atoms in total. The summed E-state index contributed by atoms with van der Waals surface area (Å²) in [5.74, 6) is -0.0931. The minimum absolute atomic E-state index is 0.0256. The fraction of sp³-hybridized carbons (Fsp3) is 0.391. The molecule has 0 aromatic carbocycles. The van der Waals surface area contributed by atoms with Crippen LogP contribution < -0.4 is 11.5 Å². The van der Waals surface area contributed by atoms with Gasteiger partial charge in [0, 0.05) is 30.4 Å². The molecule has 5 N–H and O–H groups in total. The lowest BCUT2D eigenvalue weighted by molar-refractivity contribution is 0.100. The van der Waals surface area contributed by atoms with Gasteiger partial charge in [0.2, 0.25) is 5.95 Å². The summed E-state index contributed by atoms with van der Waals surface area (Å²) in [4.78, 5) is 29.6. The number of hydrogen-bond donors (Lipinski definition) is 3. The summed E-state index contributed by atoms with van der Waals surface area (Å²) in [7, 11) is 0. The lowest BCUT2D eigenvalue weighted by atomic mass is 9.73. The van der Waals surface area contributed by atoms with Crippen molar-refractivity contribution in [1.29, 1.82) is 0 Å². The number of nitrogens with zero attached hydrogens (tertiary/aromatic N) is 6. The number of aliphatic hydroxyl groups is 1. The Kier molecular flexibility index (Phi) is 6.59. The van der Waals surface area contributed by atoms with Crippen molar-refractivity contribution < 1.29 is 9.90 Å². The molecule has 0 spiro atoms. The zero-order valence-electron chi connectivity index (χ0n) is 19.5. The highest BCUT2D eigenvalue weighted by Crippen LogP contribution is 2.33. The molecule has 3 rings (SSSR count). The van der Waals surface area contributed by atoms with E-state index < -0.39 is 16.9 Å². The first-order chi connectivity index (χ1) is 15.5. The molecule has 10 heteroatoms. The molecule has 0 aliphatic rings. The topological polar surface area (TPSA) is 158 Å².